The summed E-state index contributed by atoms with van der Waals surface area (Å²) in [5, 5.41) is 14.9. The van der Waals surface area contributed by atoms with Crippen molar-refractivity contribution in [1.29, 1.82) is 0 Å². The third-order valence-corrected chi connectivity index (χ3v) is 4.39. The van der Waals surface area contributed by atoms with Gasteiger partial charge in [-0.3, -0.25) is 0 Å². The molecule has 2 heterocycles. The van der Waals surface area contributed by atoms with Gasteiger partial charge in [0.05, 0.1) is 21.9 Å². The van der Waals surface area contributed by atoms with Crippen molar-refractivity contribution in [3.63, 3.8) is 0 Å². The molecule has 0 bridgehead atoms. The van der Waals surface area contributed by atoms with Crippen LogP contribution >= 0.6 is 23.2 Å². The molecule has 0 atom stereocenters. The molecule has 1 aliphatic heterocycles. The van der Waals surface area contributed by atoms with Crippen LogP contribution < -0.4 is 20.1 Å². The minimum absolute atomic E-state index is 0.289. The van der Waals surface area contributed by atoms with Gasteiger partial charge >= 0.3 is 0 Å². The summed E-state index contributed by atoms with van der Waals surface area (Å²) < 4.78 is 11.1. The number of hydrogen-bond acceptors (Lipinski definition) is 7. The van der Waals surface area contributed by atoms with Crippen molar-refractivity contribution >= 4 is 46.3 Å². The molecule has 0 radical (unpaired) electrons. The number of nitrogens with zero attached hydrogens (tertiary/aromatic N) is 3. The lowest BCUT2D eigenvalue weighted by atomic mass is 10.2. The molecular formula is C17H13Cl2N5O2. The van der Waals surface area contributed by atoms with Crippen LogP contribution in [0.2, 0.25) is 10.0 Å². The third kappa shape index (κ3) is 3.58. The Morgan fingerprint density at radius 3 is 2.69 bits per heavy atom. The van der Waals surface area contributed by atoms with Crippen molar-refractivity contribution in [2.45, 2.75) is 0 Å². The molecule has 0 spiro atoms. The van der Waals surface area contributed by atoms with E-state index in [0.29, 0.717) is 40.5 Å². The van der Waals surface area contributed by atoms with Gasteiger partial charge in [-0.05, 0) is 24.3 Å². The average molecular weight is 390 g/mol. The predicted molar refractivity (Wildman–Crippen MR) is 100 cm³/mol. The van der Waals surface area contributed by atoms with Gasteiger partial charge in [0.2, 0.25) is 5.95 Å². The minimum atomic E-state index is 0.289. The van der Waals surface area contributed by atoms with E-state index in [4.69, 9.17) is 32.7 Å². The predicted octanol–water partition coefficient (Wildman–Crippen LogP) is 4.44. The Morgan fingerprint density at radius 1 is 0.962 bits per heavy atom. The Hall–Kier alpha value is -2.77. The highest BCUT2D eigenvalue weighted by molar-refractivity contribution is 6.43. The Labute approximate surface area is 159 Å². The van der Waals surface area contributed by atoms with Crippen LogP contribution in [0.1, 0.15) is 0 Å². The van der Waals surface area contributed by atoms with E-state index in [2.05, 4.69) is 25.8 Å². The lowest BCUT2D eigenvalue weighted by molar-refractivity contribution is 0.171. The molecule has 0 saturated carbocycles. The van der Waals surface area contributed by atoms with Crippen LogP contribution in [0.5, 0.6) is 11.5 Å². The number of halogens is 2. The van der Waals surface area contributed by atoms with Gasteiger partial charge in [-0.15, -0.1) is 5.10 Å². The second kappa shape index (κ2) is 7.23. The highest BCUT2D eigenvalue weighted by atomic mass is 35.5. The molecule has 1 aromatic heterocycles. The molecule has 2 N–H and O–H groups in total. The van der Waals surface area contributed by atoms with Gasteiger partial charge in [0.25, 0.3) is 0 Å². The Morgan fingerprint density at radius 2 is 1.81 bits per heavy atom. The molecule has 0 aliphatic carbocycles. The number of benzene rings is 2. The Kier molecular flexibility index (Phi) is 4.64. The van der Waals surface area contributed by atoms with Gasteiger partial charge < -0.3 is 20.1 Å². The molecule has 4 rings (SSSR count). The molecule has 9 heteroatoms. The fourth-order valence-corrected chi connectivity index (χ4v) is 2.75. The lowest BCUT2D eigenvalue weighted by Gasteiger charge is -2.19. The van der Waals surface area contributed by atoms with Crippen LogP contribution in [0.4, 0.5) is 23.1 Å². The maximum absolute atomic E-state index is 6.17. The molecule has 132 valence electrons. The van der Waals surface area contributed by atoms with Crippen molar-refractivity contribution in [3.8, 4) is 11.5 Å². The third-order valence-electron chi connectivity index (χ3n) is 3.57. The first kappa shape index (κ1) is 16.7. The average Bonchev–Trinajstić information content (AvgIpc) is 2.66. The minimum Gasteiger partial charge on any atom is -0.486 e. The van der Waals surface area contributed by atoms with Crippen LogP contribution in [-0.2, 0) is 0 Å². The summed E-state index contributed by atoms with van der Waals surface area (Å²) in [6.45, 7) is 1.08. The van der Waals surface area contributed by atoms with E-state index in [1.165, 1.54) is 6.20 Å². The molecule has 0 amide bonds. The van der Waals surface area contributed by atoms with Gasteiger partial charge in [0.1, 0.15) is 13.2 Å². The van der Waals surface area contributed by atoms with Crippen LogP contribution in [0, 0.1) is 0 Å². The molecular weight excluding hydrogens is 377 g/mol. The van der Waals surface area contributed by atoms with Gasteiger partial charge in [-0.1, -0.05) is 29.3 Å². The summed E-state index contributed by atoms with van der Waals surface area (Å²) in [5.41, 5.74) is 1.39. The molecule has 0 saturated heterocycles. The van der Waals surface area contributed by atoms with Crippen molar-refractivity contribution < 1.29 is 9.47 Å². The van der Waals surface area contributed by atoms with Crippen LogP contribution in [0.15, 0.2) is 42.6 Å². The number of ether oxygens (including phenoxy) is 2. The summed E-state index contributed by atoms with van der Waals surface area (Å²) in [6, 6.07) is 10.8. The van der Waals surface area contributed by atoms with Crippen LogP contribution in [0.25, 0.3) is 0 Å². The summed E-state index contributed by atoms with van der Waals surface area (Å²) in [6.07, 6.45) is 1.52. The van der Waals surface area contributed by atoms with E-state index in [0.717, 1.165) is 11.4 Å². The summed E-state index contributed by atoms with van der Waals surface area (Å²) in [7, 11) is 0. The number of hydrogen-bond donors (Lipinski definition) is 2. The zero-order valence-corrected chi connectivity index (χ0v) is 14.9. The first-order valence-electron chi connectivity index (χ1n) is 7.76. The SMILES string of the molecule is Clc1cccc(Nc2nncc(Nc3ccc4c(c3)OCCO4)n2)c1Cl. The number of aromatic nitrogens is 3. The monoisotopic (exact) mass is 389 g/mol. The Balaban J connectivity index is 1.53. The maximum atomic E-state index is 6.17. The largest absolute Gasteiger partial charge is 0.486 e. The van der Waals surface area contributed by atoms with Gasteiger partial charge in [-0.25, -0.2) is 0 Å². The van der Waals surface area contributed by atoms with E-state index >= 15 is 0 Å². The van der Waals surface area contributed by atoms with Crippen molar-refractivity contribution in [3.05, 3.63) is 52.6 Å². The number of anilines is 4. The second-order valence-corrected chi connectivity index (χ2v) is 6.16. The van der Waals surface area contributed by atoms with E-state index in [9.17, 15) is 0 Å². The smallest absolute Gasteiger partial charge is 0.249 e. The van der Waals surface area contributed by atoms with E-state index in [1.54, 1.807) is 18.2 Å². The zero-order valence-electron chi connectivity index (χ0n) is 13.4. The van der Waals surface area contributed by atoms with Crippen molar-refractivity contribution in [1.82, 2.24) is 15.2 Å². The van der Waals surface area contributed by atoms with E-state index < -0.39 is 0 Å². The standard InChI is InChI=1S/C17H13Cl2N5O2/c18-11-2-1-3-12(16(11)19)22-17-23-15(9-20-24-17)21-10-4-5-13-14(8-10)26-7-6-25-13/h1-5,8-9H,6-7H2,(H2,21,22,23,24). The highest BCUT2D eigenvalue weighted by Crippen LogP contribution is 2.34. The highest BCUT2D eigenvalue weighted by Gasteiger charge is 2.12. The molecule has 0 unspecified atom stereocenters. The quantitative estimate of drug-likeness (QED) is 0.682. The fraction of sp³-hybridized carbons (Fsp3) is 0.118. The molecule has 26 heavy (non-hydrogen) atoms. The van der Waals surface area contributed by atoms with Crippen molar-refractivity contribution in [2.24, 2.45) is 0 Å². The van der Waals surface area contributed by atoms with Crippen LogP contribution in [0.3, 0.4) is 0 Å². The molecule has 7 nitrogen and oxygen atoms in total. The lowest BCUT2D eigenvalue weighted by Crippen LogP contribution is -2.15. The first-order chi connectivity index (χ1) is 12.7. The Bertz CT molecular complexity index is 954. The first-order valence-corrected chi connectivity index (χ1v) is 8.52. The topological polar surface area (TPSA) is 81.2 Å². The molecule has 3 aromatic rings. The second-order valence-electron chi connectivity index (χ2n) is 5.38. The number of fused-ring (bicyclic) bond motifs is 1. The fourth-order valence-electron chi connectivity index (χ4n) is 2.41. The maximum Gasteiger partial charge on any atom is 0.249 e. The normalized spacial score (nSPS) is 12.5. The van der Waals surface area contributed by atoms with Crippen LogP contribution in [-0.4, -0.2) is 28.4 Å². The molecule has 2 aromatic carbocycles. The summed E-state index contributed by atoms with van der Waals surface area (Å²) in [4.78, 5) is 4.38. The van der Waals surface area contributed by atoms with Gasteiger partial charge in [-0.2, -0.15) is 10.1 Å². The van der Waals surface area contributed by atoms with Gasteiger partial charge in [0.15, 0.2) is 17.3 Å². The van der Waals surface area contributed by atoms with Crippen molar-refractivity contribution in [2.75, 3.05) is 23.8 Å². The summed E-state index contributed by atoms with van der Waals surface area (Å²) >= 11 is 12.2. The zero-order chi connectivity index (χ0) is 17.9. The molecule has 0 fully saturated rings. The molecule has 1 aliphatic rings. The number of rotatable bonds is 4. The van der Waals surface area contributed by atoms with E-state index in [-0.39, 0.29) is 5.95 Å². The van der Waals surface area contributed by atoms with Gasteiger partial charge in [0, 0.05) is 11.8 Å². The number of nitrogens with one attached hydrogen (secondary N) is 2. The van der Waals surface area contributed by atoms with E-state index in [1.807, 2.05) is 18.2 Å². The summed E-state index contributed by atoms with van der Waals surface area (Å²) in [5.74, 6) is 2.21.